The Labute approximate surface area is 210 Å². The summed E-state index contributed by atoms with van der Waals surface area (Å²) in [5, 5.41) is 14.9. The molecule has 4 aromatic rings. The number of hydrogen-bond donors (Lipinski definition) is 3. The van der Waals surface area contributed by atoms with Gasteiger partial charge in [-0.05, 0) is 0 Å². The van der Waals surface area contributed by atoms with E-state index >= 15 is 0 Å². The number of carbonyl (C=O) groups excluding carboxylic acids is 1. The number of H-pyrrole nitrogens is 1. The van der Waals surface area contributed by atoms with Crippen LogP contribution in [0.1, 0.15) is 37.8 Å². The third kappa shape index (κ3) is 4.61. The predicted molar refractivity (Wildman–Crippen MR) is 146 cm³/mol. The third-order valence-electron chi connectivity index (χ3n) is 6.94. The van der Waals surface area contributed by atoms with E-state index in [2.05, 4.69) is 61.4 Å². The van der Waals surface area contributed by atoms with Crippen molar-refractivity contribution in [3.05, 3.63) is 60.8 Å². The van der Waals surface area contributed by atoms with Crippen LogP contribution in [0.4, 0.5) is 17.1 Å². The van der Waals surface area contributed by atoms with Gasteiger partial charge in [-0.2, -0.15) is 0 Å². The van der Waals surface area contributed by atoms with Crippen molar-refractivity contribution < 1.29 is 4.79 Å². The fourth-order valence-corrected chi connectivity index (χ4v) is 4.74. The average Bonchev–Trinajstić information content (AvgIpc) is 3.69. The molecule has 9 heteroatoms. The summed E-state index contributed by atoms with van der Waals surface area (Å²) in [5.41, 5.74) is 6.94. The summed E-state index contributed by atoms with van der Waals surface area (Å²) in [6, 6.07) is 10.3. The normalized spacial score (nSPS) is 15.6. The van der Waals surface area contributed by atoms with Crippen molar-refractivity contribution in [2.24, 2.45) is 5.92 Å². The molecule has 1 saturated heterocycles. The molecule has 180 valence electrons. The Balaban J connectivity index is 1.26. The number of rotatable bonds is 7. The number of benzene rings is 1. The summed E-state index contributed by atoms with van der Waals surface area (Å²) in [6.45, 7) is 2.16. The second-order valence-electron chi connectivity index (χ2n) is 9.60. The van der Waals surface area contributed by atoms with E-state index in [9.17, 15) is 4.79 Å². The molecule has 0 radical (unpaired) electrons. The molecular weight excluding hydrogens is 449 g/mol. The number of nitrogens with zero attached hydrogens (tertiary/aromatic N) is 4. The molecule has 0 spiro atoms. The van der Waals surface area contributed by atoms with Crippen molar-refractivity contribution in [1.29, 1.82) is 0 Å². The molecule has 8 nitrogen and oxygen atoms in total. The molecule has 1 amide bonds. The SMILES string of the molecule is B=C(Nc1cnccc1NC(=O)C1CC1)c1n[nH]c2ccc(-c3cncc(N4CCCCC4)c3)cc12. The number of fused-ring (bicyclic) bond motifs is 1. The molecule has 1 saturated carbocycles. The van der Waals surface area contributed by atoms with Gasteiger partial charge in [0, 0.05) is 0 Å². The van der Waals surface area contributed by atoms with Gasteiger partial charge in [0.2, 0.25) is 0 Å². The Morgan fingerprint density at radius 1 is 0.944 bits per heavy atom. The van der Waals surface area contributed by atoms with Crippen LogP contribution in [0.2, 0.25) is 0 Å². The standard InChI is InChI=1S/C27H28BN7O/c28-26(31-24-16-29-9-8-23(24)32-27(36)17-4-5-17)25-21-13-18(6-7-22(21)33-34-25)19-12-20(15-30-14-19)35-10-2-1-3-11-35/h6-9,12-17,28,31H,1-5,10-11H2,(H,33,34)(H,29,32,36). The molecule has 36 heavy (non-hydrogen) atoms. The molecule has 1 aromatic carbocycles. The zero-order chi connectivity index (χ0) is 24.5. The van der Waals surface area contributed by atoms with Crippen LogP contribution in [0.25, 0.3) is 22.0 Å². The minimum absolute atomic E-state index is 0.0464. The number of nitrogens with one attached hydrogen (secondary N) is 3. The predicted octanol–water partition coefficient (Wildman–Crippen LogP) is 3.85. The average molecular weight is 477 g/mol. The second-order valence-corrected chi connectivity index (χ2v) is 9.60. The van der Waals surface area contributed by atoms with E-state index in [1.807, 2.05) is 18.5 Å². The number of aromatic amines is 1. The molecule has 4 heterocycles. The first-order valence-electron chi connectivity index (χ1n) is 12.6. The van der Waals surface area contributed by atoms with Gasteiger partial charge in [0.1, 0.15) is 0 Å². The van der Waals surface area contributed by atoms with Gasteiger partial charge in [0.15, 0.2) is 0 Å². The molecule has 3 N–H and O–H groups in total. The molecule has 2 fully saturated rings. The molecular formula is C27H28BN7O. The van der Waals surface area contributed by atoms with Crippen LogP contribution in [0, 0.1) is 5.92 Å². The second kappa shape index (κ2) is 9.56. The molecule has 2 aliphatic rings. The molecule has 0 atom stereocenters. The van der Waals surface area contributed by atoms with E-state index in [-0.39, 0.29) is 11.8 Å². The first kappa shape index (κ1) is 22.5. The van der Waals surface area contributed by atoms with Gasteiger partial charge in [0.05, 0.1) is 0 Å². The van der Waals surface area contributed by atoms with Gasteiger partial charge in [-0.1, -0.05) is 0 Å². The number of piperidine rings is 1. The van der Waals surface area contributed by atoms with Gasteiger partial charge in [-0.15, -0.1) is 0 Å². The van der Waals surface area contributed by atoms with E-state index in [4.69, 9.17) is 0 Å². The van der Waals surface area contributed by atoms with Gasteiger partial charge in [0.25, 0.3) is 0 Å². The van der Waals surface area contributed by atoms with Gasteiger partial charge < -0.3 is 0 Å². The van der Waals surface area contributed by atoms with Crippen LogP contribution in [-0.4, -0.2) is 52.2 Å². The summed E-state index contributed by atoms with van der Waals surface area (Å²) in [4.78, 5) is 23.5. The Kier molecular flexibility index (Phi) is 5.97. The Bertz CT molecular complexity index is 1440. The van der Waals surface area contributed by atoms with E-state index in [1.165, 1.54) is 24.9 Å². The summed E-state index contributed by atoms with van der Waals surface area (Å²) < 4.78 is 0. The topological polar surface area (TPSA) is 98.8 Å². The first-order chi connectivity index (χ1) is 17.7. The number of anilines is 3. The van der Waals surface area contributed by atoms with Crippen LogP contribution in [0.3, 0.4) is 0 Å². The van der Waals surface area contributed by atoms with Crippen molar-refractivity contribution in [1.82, 2.24) is 20.2 Å². The van der Waals surface area contributed by atoms with Gasteiger partial charge >= 0.3 is 210 Å². The van der Waals surface area contributed by atoms with E-state index < -0.39 is 0 Å². The van der Waals surface area contributed by atoms with Crippen LogP contribution < -0.4 is 15.5 Å². The zero-order valence-electron chi connectivity index (χ0n) is 20.1. The number of pyridine rings is 2. The van der Waals surface area contributed by atoms with E-state index in [0.29, 0.717) is 17.0 Å². The summed E-state index contributed by atoms with van der Waals surface area (Å²) >= 11 is 0. The maximum atomic E-state index is 12.3. The van der Waals surface area contributed by atoms with Crippen LogP contribution in [0.15, 0.2) is 55.1 Å². The fourth-order valence-electron chi connectivity index (χ4n) is 4.74. The van der Waals surface area contributed by atoms with Crippen molar-refractivity contribution in [2.75, 3.05) is 28.6 Å². The number of aromatic nitrogens is 4. The third-order valence-corrected chi connectivity index (χ3v) is 6.94. The molecule has 1 aliphatic carbocycles. The first-order valence-corrected chi connectivity index (χ1v) is 12.6. The summed E-state index contributed by atoms with van der Waals surface area (Å²) in [6.07, 6.45) is 12.9. The molecule has 0 unspecified atom stereocenters. The van der Waals surface area contributed by atoms with Crippen molar-refractivity contribution >= 4 is 46.9 Å². The summed E-state index contributed by atoms with van der Waals surface area (Å²) in [7, 11) is 4.23. The fraction of sp³-hybridized carbons (Fsp3) is 0.296. The van der Waals surface area contributed by atoms with Crippen LogP contribution in [0.5, 0.6) is 0 Å². The van der Waals surface area contributed by atoms with E-state index in [0.717, 1.165) is 53.7 Å². The Hall–Kier alpha value is -4.01. The van der Waals surface area contributed by atoms with Crippen LogP contribution in [-0.2, 0) is 4.79 Å². The number of amides is 1. The van der Waals surface area contributed by atoms with Crippen LogP contribution >= 0.6 is 0 Å². The molecule has 6 rings (SSSR count). The van der Waals surface area contributed by atoms with Crippen molar-refractivity contribution in [2.45, 2.75) is 32.1 Å². The Morgan fingerprint density at radius 3 is 2.64 bits per heavy atom. The molecule has 3 aromatic heterocycles. The quantitative estimate of drug-likeness (QED) is 0.350. The molecule has 0 bridgehead atoms. The van der Waals surface area contributed by atoms with Crippen molar-refractivity contribution in [3.63, 3.8) is 0 Å². The van der Waals surface area contributed by atoms with Gasteiger partial charge in [-0.3, -0.25) is 0 Å². The zero-order valence-corrected chi connectivity index (χ0v) is 20.1. The monoisotopic (exact) mass is 477 g/mol. The number of hydrogen-bond acceptors (Lipinski definition) is 6. The number of carbonyl (C=O) groups is 1. The minimum atomic E-state index is 0.0464. The molecule has 1 aliphatic heterocycles. The van der Waals surface area contributed by atoms with Crippen molar-refractivity contribution in [3.8, 4) is 11.1 Å². The maximum absolute atomic E-state index is 12.3. The Morgan fingerprint density at radius 2 is 1.81 bits per heavy atom. The van der Waals surface area contributed by atoms with Gasteiger partial charge in [-0.25, -0.2) is 0 Å². The summed E-state index contributed by atoms with van der Waals surface area (Å²) in [5.74, 6) is 0.163. The van der Waals surface area contributed by atoms with E-state index in [1.54, 1.807) is 18.5 Å².